The van der Waals surface area contributed by atoms with E-state index in [9.17, 15) is 14.7 Å². The lowest BCUT2D eigenvalue weighted by molar-refractivity contribution is -0.139. The van der Waals surface area contributed by atoms with Crippen LogP contribution in [0, 0.1) is 25.7 Å². The zero-order valence-corrected chi connectivity index (χ0v) is 30.0. The summed E-state index contributed by atoms with van der Waals surface area (Å²) >= 11 is 5.55. The number of aryl methyl sites for hydroxylation is 2. The van der Waals surface area contributed by atoms with E-state index in [1.54, 1.807) is 38.6 Å². The Bertz CT molecular complexity index is 1480. The number of aliphatic hydroxyl groups excluding tert-OH is 1. The molecule has 3 heterocycles. The van der Waals surface area contributed by atoms with Crippen molar-refractivity contribution in [2.75, 3.05) is 42.6 Å². The molecule has 1 N–H and O–H groups in total. The number of hydrogen-bond donors (Lipinski definition) is 1. The van der Waals surface area contributed by atoms with Crippen molar-refractivity contribution >= 4 is 56.8 Å². The van der Waals surface area contributed by atoms with Gasteiger partial charge in [0.05, 0.1) is 23.2 Å². The number of halogens is 1. The second-order valence-corrected chi connectivity index (χ2v) is 15.3. The van der Waals surface area contributed by atoms with Crippen LogP contribution < -0.4 is 14.5 Å². The Morgan fingerprint density at radius 3 is 2.32 bits per heavy atom. The van der Waals surface area contributed by atoms with Gasteiger partial charge in [-0.05, 0) is 81.8 Å². The summed E-state index contributed by atoms with van der Waals surface area (Å²) in [5.41, 5.74) is 3.48. The topological polar surface area (TPSA) is 90.4 Å². The smallest absolute Gasteiger partial charge is 0.251 e. The third kappa shape index (κ3) is 6.41. The standard InChI is InChI=1S/C37H46BrN3O5S/c1-6-19-39(26-15-17-27(18-16-26)46-8-3)34(43)29-30-35(44)41(21-10-9-11-22-42)33(37(30)23-28(38)32(29)47-37)36(45)40(20-7-2)31-24(4)13-12-14-25(31)5/h6-7,12-18,28-30,32-33,42H,1-2,8-11,19-23H2,3-5H3/t28?,29-,30+,32-,33?,37?/m1/s1. The second kappa shape index (κ2) is 15.0. The molecule has 2 aromatic rings. The molecule has 0 aromatic heterocycles. The van der Waals surface area contributed by atoms with E-state index < -0.39 is 22.6 Å². The molecule has 2 aromatic carbocycles. The maximum Gasteiger partial charge on any atom is 0.251 e. The fraction of sp³-hybridized carbons (Fsp3) is 0.486. The number of likely N-dealkylation sites (tertiary alicyclic amines) is 1. The van der Waals surface area contributed by atoms with Gasteiger partial charge in [0.1, 0.15) is 11.8 Å². The van der Waals surface area contributed by atoms with E-state index >= 15 is 4.79 Å². The highest BCUT2D eigenvalue weighted by Crippen LogP contribution is 2.68. The van der Waals surface area contributed by atoms with Crippen LogP contribution in [0.25, 0.3) is 0 Å². The Kier molecular flexibility index (Phi) is 11.2. The highest BCUT2D eigenvalue weighted by molar-refractivity contribution is 9.09. The van der Waals surface area contributed by atoms with E-state index in [1.165, 1.54) is 0 Å². The number of hydrogen-bond acceptors (Lipinski definition) is 6. The van der Waals surface area contributed by atoms with E-state index in [0.29, 0.717) is 50.4 Å². The molecular formula is C37H46BrN3O5S. The first kappa shape index (κ1) is 35.2. The van der Waals surface area contributed by atoms with E-state index in [0.717, 1.165) is 23.2 Å². The van der Waals surface area contributed by atoms with Crippen LogP contribution >= 0.6 is 27.7 Å². The minimum Gasteiger partial charge on any atom is -0.494 e. The number of carbonyl (C=O) groups excluding carboxylic acids is 3. The number of para-hydroxylation sites is 1. The summed E-state index contributed by atoms with van der Waals surface area (Å²) in [4.78, 5) is 49.6. The first-order chi connectivity index (χ1) is 22.6. The molecule has 3 fully saturated rings. The molecule has 0 aliphatic carbocycles. The molecule has 3 saturated heterocycles. The minimum absolute atomic E-state index is 0.0471. The Balaban J connectivity index is 1.57. The van der Waals surface area contributed by atoms with Gasteiger partial charge in [0, 0.05) is 47.7 Å². The van der Waals surface area contributed by atoms with Crippen molar-refractivity contribution in [1.29, 1.82) is 0 Å². The zero-order chi connectivity index (χ0) is 33.9. The number of rotatable bonds is 15. The average molecular weight is 725 g/mol. The molecule has 47 heavy (non-hydrogen) atoms. The lowest BCUT2D eigenvalue weighted by Gasteiger charge is -2.39. The molecular weight excluding hydrogens is 678 g/mol. The van der Waals surface area contributed by atoms with Gasteiger partial charge in [0.2, 0.25) is 11.8 Å². The number of nitrogens with zero attached hydrogens (tertiary/aromatic N) is 3. The number of thioether (sulfide) groups is 1. The molecule has 3 amide bonds. The van der Waals surface area contributed by atoms with Crippen LogP contribution in [0.2, 0.25) is 0 Å². The van der Waals surface area contributed by atoms with Gasteiger partial charge in [0.15, 0.2) is 0 Å². The number of unbranched alkanes of at least 4 members (excludes halogenated alkanes) is 2. The first-order valence-corrected chi connectivity index (χ1v) is 18.3. The van der Waals surface area contributed by atoms with Gasteiger partial charge in [-0.15, -0.1) is 24.9 Å². The van der Waals surface area contributed by atoms with Gasteiger partial charge in [-0.1, -0.05) is 46.3 Å². The fourth-order valence-electron chi connectivity index (χ4n) is 7.82. The summed E-state index contributed by atoms with van der Waals surface area (Å²) < 4.78 is 4.84. The lowest BCUT2D eigenvalue weighted by atomic mass is 9.70. The number of ether oxygens (including phenoxy) is 1. The summed E-state index contributed by atoms with van der Waals surface area (Å²) in [5, 5.41) is 9.24. The lowest BCUT2D eigenvalue weighted by Crippen LogP contribution is -2.56. The van der Waals surface area contributed by atoms with E-state index in [4.69, 9.17) is 4.74 Å². The predicted molar refractivity (Wildman–Crippen MR) is 193 cm³/mol. The molecule has 6 atom stereocenters. The molecule has 5 rings (SSSR count). The molecule has 10 heteroatoms. The van der Waals surface area contributed by atoms with Gasteiger partial charge in [0.25, 0.3) is 5.91 Å². The van der Waals surface area contributed by atoms with Crippen molar-refractivity contribution in [2.45, 2.75) is 67.3 Å². The maximum atomic E-state index is 15.0. The minimum atomic E-state index is -0.779. The molecule has 0 radical (unpaired) electrons. The Hall–Kier alpha value is -3.08. The van der Waals surface area contributed by atoms with E-state index in [-0.39, 0.29) is 41.0 Å². The quantitative estimate of drug-likeness (QED) is 0.136. The molecule has 0 saturated carbocycles. The van der Waals surface area contributed by atoms with Crippen molar-refractivity contribution in [2.24, 2.45) is 11.8 Å². The molecule has 8 nitrogen and oxygen atoms in total. The van der Waals surface area contributed by atoms with Gasteiger partial charge in [-0.25, -0.2) is 0 Å². The monoisotopic (exact) mass is 723 g/mol. The average Bonchev–Trinajstić information content (AvgIpc) is 3.64. The van der Waals surface area contributed by atoms with Crippen LogP contribution in [0.4, 0.5) is 11.4 Å². The molecule has 3 unspecified atom stereocenters. The van der Waals surface area contributed by atoms with Gasteiger partial charge in [-0.3, -0.25) is 14.4 Å². The van der Waals surface area contributed by atoms with Crippen molar-refractivity contribution in [1.82, 2.24) is 4.90 Å². The van der Waals surface area contributed by atoms with Crippen LogP contribution in [-0.2, 0) is 14.4 Å². The van der Waals surface area contributed by atoms with Crippen molar-refractivity contribution in [3.05, 3.63) is 78.9 Å². The fourth-order valence-corrected chi connectivity index (χ4v) is 11.4. The molecule has 1 spiro atoms. The molecule has 252 valence electrons. The molecule has 2 bridgehead atoms. The Morgan fingerprint density at radius 2 is 1.70 bits per heavy atom. The van der Waals surface area contributed by atoms with Crippen molar-refractivity contribution < 1.29 is 24.2 Å². The van der Waals surface area contributed by atoms with Crippen molar-refractivity contribution in [3.8, 4) is 5.75 Å². The Morgan fingerprint density at radius 1 is 1.04 bits per heavy atom. The van der Waals surface area contributed by atoms with Crippen molar-refractivity contribution in [3.63, 3.8) is 0 Å². The number of amides is 3. The highest BCUT2D eigenvalue weighted by atomic mass is 79.9. The summed E-state index contributed by atoms with van der Waals surface area (Å²) in [7, 11) is 0. The predicted octanol–water partition coefficient (Wildman–Crippen LogP) is 6.07. The number of benzene rings is 2. The van der Waals surface area contributed by atoms with Gasteiger partial charge < -0.3 is 24.5 Å². The van der Waals surface area contributed by atoms with Crippen LogP contribution in [0.15, 0.2) is 67.8 Å². The molecule has 3 aliphatic heterocycles. The van der Waals surface area contributed by atoms with E-state index in [2.05, 4.69) is 29.1 Å². The van der Waals surface area contributed by atoms with Crippen LogP contribution in [0.5, 0.6) is 5.75 Å². The third-order valence-electron chi connectivity index (χ3n) is 9.69. The summed E-state index contributed by atoms with van der Waals surface area (Å²) in [6.07, 6.45) is 6.04. The van der Waals surface area contributed by atoms with Gasteiger partial charge >= 0.3 is 0 Å². The zero-order valence-electron chi connectivity index (χ0n) is 27.6. The molecule has 3 aliphatic rings. The van der Waals surface area contributed by atoms with Crippen LogP contribution in [-0.4, -0.2) is 81.4 Å². The number of carbonyl (C=O) groups is 3. The first-order valence-electron chi connectivity index (χ1n) is 16.5. The third-order valence-corrected chi connectivity index (χ3v) is 12.9. The maximum absolute atomic E-state index is 15.0. The second-order valence-electron chi connectivity index (χ2n) is 12.6. The van der Waals surface area contributed by atoms with E-state index in [1.807, 2.05) is 63.2 Å². The Labute approximate surface area is 291 Å². The highest BCUT2D eigenvalue weighted by Gasteiger charge is 2.76. The number of fused-ring (bicyclic) bond motifs is 1. The largest absolute Gasteiger partial charge is 0.494 e. The van der Waals surface area contributed by atoms with Crippen LogP contribution in [0.3, 0.4) is 0 Å². The SMILES string of the molecule is C=CCN(C(=O)[C@H]1[C@@H]2SC3(CC2Br)C(C(=O)N(CC=C)c2c(C)cccc2C)N(CCCCCO)C(=O)[C@H]13)c1ccc(OCC)cc1. The summed E-state index contributed by atoms with van der Waals surface area (Å²) in [6.45, 7) is 15.4. The number of anilines is 2. The summed E-state index contributed by atoms with van der Waals surface area (Å²) in [5.74, 6) is -0.968. The summed E-state index contributed by atoms with van der Waals surface area (Å²) in [6, 6.07) is 12.6. The number of alkyl halides is 1. The van der Waals surface area contributed by atoms with Gasteiger partial charge in [-0.2, -0.15) is 0 Å². The normalized spacial score (nSPS) is 25.9. The number of aliphatic hydroxyl groups is 1. The van der Waals surface area contributed by atoms with Crippen LogP contribution in [0.1, 0.15) is 43.7 Å².